The van der Waals surface area contributed by atoms with Gasteiger partial charge in [-0.05, 0) is 73.2 Å². The van der Waals surface area contributed by atoms with Crippen LogP contribution in [0.3, 0.4) is 0 Å². The second-order valence-electron chi connectivity index (χ2n) is 15.1. The van der Waals surface area contributed by atoms with Gasteiger partial charge in [0, 0.05) is 127 Å². The number of rotatable bonds is 16. The average Bonchev–Trinajstić information content (AvgIpc) is 3.26. The number of ketones is 2. The summed E-state index contributed by atoms with van der Waals surface area (Å²) in [5.41, 5.74) is 6.17. The molecule has 332 valence electrons. The lowest BCUT2D eigenvalue weighted by molar-refractivity contribution is -0.385. The molecule has 0 aromatic heterocycles. The summed E-state index contributed by atoms with van der Waals surface area (Å²) in [6.45, 7) is 14.0. The molecule has 4 aromatic carbocycles. The first-order chi connectivity index (χ1) is 29.3. The van der Waals surface area contributed by atoms with Crippen LogP contribution in [0.25, 0.3) is 0 Å². The number of nitro benzene ring substituents is 2. The number of non-ortho nitro benzene ring substituents is 2. The maximum atomic E-state index is 12.5. The highest BCUT2D eigenvalue weighted by atomic mass is 16.6. The van der Waals surface area contributed by atoms with Crippen LogP contribution in [-0.2, 0) is 22.7 Å². The molecule has 0 saturated carbocycles. The Balaban J connectivity index is 0.000000270. The summed E-state index contributed by atoms with van der Waals surface area (Å²) in [5.74, 6) is -1.16. The number of amides is 1. The van der Waals surface area contributed by atoms with Crippen molar-refractivity contribution >= 4 is 34.8 Å². The molecule has 0 spiro atoms. The molecule has 0 unspecified atom stereocenters. The number of aliphatic carboxylic acids is 1. The smallest absolute Gasteiger partial charge is 0.303 e. The van der Waals surface area contributed by atoms with Gasteiger partial charge in [-0.3, -0.25) is 49.2 Å². The first-order valence-corrected chi connectivity index (χ1v) is 20.6. The lowest BCUT2D eigenvalue weighted by Gasteiger charge is -2.35. The van der Waals surface area contributed by atoms with Crippen LogP contribution >= 0.6 is 0 Å². The largest absolute Gasteiger partial charge is 0.481 e. The summed E-state index contributed by atoms with van der Waals surface area (Å²) < 4.78 is 0. The van der Waals surface area contributed by atoms with Gasteiger partial charge in [-0.2, -0.15) is 0 Å². The minimum atomic E-state index is -0.943. The number of Topliss-reactive ketones (excluding diaryl/α,β-unsaturated/α-hetero) is 2. The molecule has 0 radical (unpaired) electrons. The van der Waals surface area contributed by atoms with Crippen molar-refractivity contribution in [3.8, 4) is 0 Å². The number of aryl methyl sites for hydroxylation is 2. The zero-order valence-corrected chi connectivity index (χ0v) is 35.0. The molecular weight excluding hydrogens is 793 g/mol. The summed E-state index contributed by atoms with van der Waals surface area (Å²) >= 11 is 0. The Morgan fingerprint density at radius 3 is 1.39 bits per heavy atom. The van der Waals surface area contributed by atoms with Gasteiger partial charge < -0.3 is 15.3 Å². The van der Waals surface area contributed by atoms with E-state index < -0.39 is 15.8 Å². The predicted octanol–water partition coefficient (Wildman–Crippen LogP) is 7.67. The van der Waals surface area contributed by atoms with E-state index in [-0.39, 0.29) is 62.0 Å². The quantitative estimate of drug-likeness (QED) is 0.0635. The van der Waals surface area contributed by atoms with Crippen molar-refractivity contribution in [2.24, 2.45) is 0 Å². The number of nitro groups is 2. The summed E-state index contributed by atoms with van der Waals surface area (Å²) in [6.07, 6.45) is 1.43. The van der Waals surface area contributed by atoms with Gasteiger partial charge in [0.1, 0.15) is 0 Å². The van der Waals surface area contributed by atoms with E-state index >= 15 is 0 Å². The predicted molar refractivity (Wildman–Crippen MR) is 239 cm³/mol. The van der Waals surface area contributed by atoms with Crippen molar-refractivity contribution in [2.75, 3.05) is 52.4 Å². The van der Waals surface area contributed by atoms with E-state index in [4.69, 9.17) is 5.11 Å². The van der Waals surface area contributed by atoms with Crippen molar-refractivity contribution in [1.82, 2.24) is 20.0 Å². The molecule has 0 bridgehead atoms. The van der Waals surface area contributed by atoms with Gasteiger partial charge in [0.2, 0.25) is 5.91 Å². The third-order valence-corrected chi connectivity index (χ3v) is 10.6. The molecule has 15 nitrogen and oxygen atoms in total. The fourth-order valence-corrected chi connectivity index (χ4v) is 6.87. The summed E-state index contributed by atoms with van der Waals surface area (Å²) in [4.78, 5) is 73.3. The maximum Gasteiger partial charge on any atom is 0.303 e. The maximum absolute atomic E-state index is 12.5. The van der Waals surface area contributed by atoms with Crippen molar-refractivity contribution in [3.63, 3.8) is 0 Å². The Bertz CT molecular complexity index is 2080. The monoisotopic (exact) mass is 852 g/mol. The molecule has 0 atom stereocenters. The van der Waals surface area contributed by atoms with Gasteiger partial charge >= 0.3 is 5.97 Å². The summed E-state index contributed by atoms with van der Waals surface area (Å²) in [6, 6.07) is 27.9. The highest BCUT2D eigenvalue weighted by molar-refractivity contribution is 5.97. The highest BCUT2D eigenvalue weighted by Crippen LogP contribution is 2.17. The number of nitrogens with one attached hydrogen (secondary N) is 1. The number of carbonyl (C=O) groups is 4. The minimum Gasteiger partial charge on any atom is -0.481 e. The van der Waals surface area contributed by atoms with Gasteiger partial charge in [0.05, 0.1) is 9.85 Å². The highest BCUT2D eigenvalue weighted by Gasteiger charge is 2.22. The first-order valence-electron chi connectivity index (χ1n) is 20.6. The molecule has 4 aromatic rings. The minimum absolute atomic E-state index is 0. The lowest BCUT2D eigenvalue weighted by atomic mass is 10.0. The Hall–Kier alpha value is -6.16. The number of hydrogen-bond donors (Lipinski definition) is 2. The standard InChI is InChI=1S/C23H27N3O4.C12H18N2.C11H11NO5.CH4/c1-18-5-2-3-6-20(18)17-24-13-15-25(16-14-24)23(28)8-4-7-22(27)19-9-11-21(12-10-19)26(29)30;1-11-4-2-3-5-12(11)10-14-8-6-13-7-9-14;13-10(2-1-3-11(14)15)8-4-6-9(7-5-8)12(16)17;/h2-3,5-6,9-12H,4,7-8,13-17H2,1H3;2-5,13H,6-10H2,1H3;4-7H,1-3H2,(H,14,15);1H4. The molecular formula is C47H60N6O9. The van der Waals surface area contributed by atoms with Gasteiger partial charge in [-0.15, -0.1) is 0 Å². The van der Waals surface area contributed by atoms with E-state index in [2.05, 4.69) is 71.4 Å². The fraction of sp³-hybridized carbons (Fsp3) is 0.404. The van der Waals surface area contributed by atoms with Crippen LogP contribution in [0.5, 0.6) is 0 Å². The van der Waals surface area contributed by atoms with Crippen LogP contribution in [0.1, 0.15) is 88.9 Å². The number of carboxylic acids is 1. The lowest BCUT2D eigenvalue weighted by Crippen LogP contribution is -2.48. The van der Waals surface area contributed by atoms with E-state index in [0.717, 1.165) is 39.3 Å². The van der Waals surface area contributed by atoms with Crippen molar-refractivity contribution in [2.45, 2.75) is 72.9 Å². The molecule has 2 heterocycles. The molecule has 15 heteroatoms. The van der Waals surface area contributed by atoms with Crippen LogP contribution in [0.2, 0.25) is 0 Å². The van der Waals surface area contributed by atoms with Crippen LogP contribution in [0, 0.1) is 34.1 Å². The normalized spacial score (nSPS) is 13.9. The van der Waals surface area contributed by atoms with E-state index in [9.17, 15) is 39.4 Å². The van der Waals surface area contributed by atoms with Gasteiger partial charge in [-0.25, -0.2) is 0 Å². The molecule has 2 saturated heterocycles. The molecule has 1 amide bonds. The number of benzene rings is 4. The molecule has 62 heavy (non-hydrogen) atoms. The number of carbonyl (C=O) groups excluding carboxylic acids is 3. The topological polar surface area (TPSA) is 197 Å². The number of hydrogen-bond acceptors (Lipinski definition) is 11. The van der Waals surface area contributed by atoms with Crippen LogP contribution < -0.4 is 5.32 Å². The average molecular weight is 853 g/mol. The fourth-order valence-electron chi connectivity index (χ4n) is 6.87. The van der Waals surface area contributed by atoms with Crippen molar-refractivity contribution in [1.29, 1.82) is 0 Å². The third-order valence-electron chi connectivity index (χ3n) is 10.6. The number of nitrogens with zero attached hydrogens (tertiary/aromatic N) is 5. The Labute approximate surface area is 364 Å². The Morgan fingerprint density at radius 2 is 0.984 bits per heavy atom. The van der Waals surface area contributed by atoms with Gasteiger partial charge in [0.15, 0.2) is 11.6 Å². The second-order valence-corrected chi connectivity index (χ2v) is 15.1. The molecule has 6 rings (SSSR count). The van der Waals surface area contributed by atoms with Gasteiger partial charge in [0.25, 0.3) is 11.4 Å². The van der Waals surface area contributed by atoms with Crippen molar-refractivity contribution < 1.29 is 34.1 Å². The Kier molecular flexibility index (Phi) is 21.2. The van der Waals surface area contributed by atoms with Gasteiger partial charge in [-0.1, -0.05) is 56.0 Å². The summed E-state index contributed by atoms with van der Waals surface area (Å²) in [7, 11) is 0. The first kappa shape index (κ1) is 50.2. The molecule has 0 aliphatic carbocycles. The second kappa shape index (κ2) is 26.2. The molecule has 2 fully saturated rings. The van der Waals surface area contributed by atoms with E-state index in [0.29, 0.717) is 37.1 Å². The van der Waals surface area contributed by atoms with Crippen molar-refractivity contribution in [3.05, 3.63) is 151 Å². The zero-order chi connectivity index (χ0) is 44.1. The van der Waals surface area contributed by atoms with E-state index in [1.807, 2.05) is 11.0 Å². The molecule has 2 aliphatic rings. The molecule has 2 N–H and O–H groups in total. The van der Waals surface area contributed by atoms with E-state index in [1.165, 1.54) is 83.9 Å². The Morgan fingerprint density at radius 1 is 0.581 bits per heavy atom. The van der Waals surface area contributed by atoms with E-state index in [1.54, 1.807) is 0 Å². The summed E-state index contributed by atoms with van der Waals surface area (Å²) in [5, 5.41) is 32.8. The third kappa shape index (κ3) is 17.1. The SMILES string of the molecule is C.Cc1ccccc1CN1CCN(C(=O)CCCC(=O)c2ccc([N+](=O)[O-])cc2)CC1.Cc1ccccc1CN1CCNCC1.O=C(O)CCCC(=O)c1ccc([N+](=O)[O-])cc1. The molecule has 2 aliphatic heterocycles. The number of carboxylic acid groups (broad SMARTS) is 1. The van der Waals surface area contributed by atoms with Crippen LogP contribution in [0.4, 0.5) is 11.4 Å². The number of piperazine rings is 2. The zero-order valence-electron chi connectivity index (χ0n) is 35.0. The van der Waals surface area contributed by atoms with Crippen LogP contribution in [0.15, 0.2) is 97.1 Å². The van der Waals surface area contributed by atoms with Crippen LogP contribution in [-0.4, -0.2) is 105 Å².